The second-order valence-corrected chi connectivity index (χ2v) is 8.21. The predicted octanol–water partition coefficient (Wildman–Crippen LogP) is 6.35. The van der Waals surface area contributed by atoms with Gasteiger partial charge in [0.15, 0.2) is 6.10 Å². The lowest BCUT2D eigenvalue weighted by Gasteiger charge is -2.18. The number of esters is 2. The van der Waals surface area contributed by atoms with Gasteiger partial charge in [-0.05, 0) is 13.3 Å². The standard InChI is InChI=1S/C23H42O4/c1-4-5-6-7-8-9-10-11-12-13-14-15-16-17-18-21-22(27-20(3)24)19(2)26-23(21)25/h19,21-22H,4-18H2,1-3H3/t19-,21-,22+/m1/s1. The quantitative estimate of drug-likeness (QED) is 0.230. The van der Waals surface area contributed by atoms with Crippen molar-refractivity contribution in [2.24, 2.45) is 5.92 Å². The maximum absolute atomic E-state index is 11.9. The summed E-state index contributed by atoms with van der Waals surface area (Å²) in [6.45, 7) is 5.46. The zero-order chi connectivity index (χ0) is 19.9. The highest BCUT2D eigenvalue weighted by Gasteiger charge is 2.44. The number of unbranched alkanes of at least 4 members (excludes halogenated alkanes) is 13. The molecule has 0 unspecified atom stereocenters. The fraction of sp³-hybridized carbons (Fsp3) is 0.913. The van der Waals surface area contributed by atoms with Crippen molar-refractivity contribution in [1.82, 2.24) is 0 Å². The summed E-state index contributed by atoms with van der Waals surface area (Å²) in [6.07, 6.45) is 18.5. The first-order valence-corrected chi connectivity index (χ1v) is 11.4. The van der Waals surface area contributed by atoms with Crippen molar-refractivity contribution in [3.05, 3.63) is 0 Å². The second-order valence-electron chi connectivity index (χ2n) is 8.21. The van der Waals surface area contributed by atoms with Gasteiger partial charge in [-0.25, -0.2) is 0 Å². The van der Waals surface area contributed by atoms with Crippen LogP contribution in [0.1, 0.15) is 117 Å². The average molecular weight is 383 g/mol. The van der Waals surface area contributed by atoms with E-state index in [9.17, 15) is 9.59 Å². The summed E-state index contributed by atoms with van der Waals surface area (Å²) in [6, 6.07) is 0. The molecular weight excluding hydrogens is 340 g/mol. The molecule has 3 atom stereocenters. The van der Waals surface area contributed by atoms with Crippen molar-refractivity contribution in [2.45, 2.75) is 129 Å². The van der Waals surface area contributed by atoms with Crippen LogP contribution in [0, 0.1) is 5.92 Å². The summed E-state index contributed by atoms with van der Waals surface area (Å²) in [5.41, 5.74) is 0. The van der Waals surface area contributed by atoms with Gasteiger partial charge >= 0.3 is 11.9 Å². The van der Waals surface area contributed by atoms with Gasteiger partial charge in [0.05, 0.1) is 5.92 Å². The molecule has 1 rings (SSSR count). The van der Waals surface area contributed by atoms with Gasteiger partial charge < -0.3 is 9.47 Å². The smallest absolute Gasteiger partial charge is 0.313 e. The zero-order valence-corrected chi connectivity index (χ0v) is 18.0. The van der Waals surface area contributed by atoms with Crippen molar-refractivity contribution >= 4 is 11.9 Å². The normalized spacial score (nSPS) is 22.0. The molecule has 0 aromatic carbocycles. The first-order valence-electron chi connectivity index (χ1n) is 11.4. The molecule has 0 radical (unpaired) electrons. The number of carbonyl (C=O) groups is 2. The predicted molar refractivity (Wildman–Crippen MR) is 110 cm³/mol. The van der Waals surface area contributed by atoms with Gasteiger partial charge in [0.25, 0.3) is 0 Å². The molecule has 158 valence electrons. The summed E-state index contributed by atoms with van der Waals surface area (Å²) in [7, 11) is 0. The third-order valence-corrected chi connectivity index (χ3v) is 5.63. The Bertz CT molecular complexity index is 407. The molecule has 1 fully saturated rings. The van der Waals surface area contributed by atoms with E-state index in [2.05, 4.69) is 6.92 Å². The minimum atomic E-state index is -0.406. The molecule has 0 amide bonds. The van der Waals surface area contributed by atoms with Crippen molar-refractivity contribution in [1.29, 1.82) is 0 Å². The molecule has 0 N–H and O–H groups in total. The summed E-state index contributed by atoms with van der Waals surface area (Å²) in [4.78, 5) is 23.1. The molecule has 0 saturated carbocycles. The van der Waals surface area contributed by atoms with E-state index in [0.29, 0.717) is 0 Å². The van der Waals surface area contributed by atoms with Crippen LogP contribution in [0.15, 0.2) is 0 Å². The van der Waals surface area contributed by atoms with Crippen molar-refractivity contribution < 1.29 is 19.1 Å². The van der Waals surface area contributed by atoms with E-state index < -0.39 is 6.10 Å². The monoisotopic (exact) mass is 382 g/mol. The van der Waals surface area contributed by atoms with Crippen molar-refractivity contribution in [2.75, 3.05) is 0 Å². The molecule has 1 heterocycles. The molecule has 27 heavy (non-hydrogen) atoms. The Morgan fingerprint density at radius 2 is 1.30 bits per heavy atom. The van der Waals surface area contributed by atoms with Gasteiger partial charge in [0.1, 0.15) is 6.10 Å². The molecule has 0 aromatic rings. The third-order valence-electron chi connectivity index (χ3n) is 5.63. The van der Waals surface area contributed by atoms with Gasteiger partial charge in [0.2, 0.25) is 0 Å². The number of hydrogen-bond acceptors (Lipinski definition) is 4. The van der Waals surface area contributed by atoms with E-state index in [1.807, 2.05) is 0 Å². The highest BCUT2D eigenvalue weighted by molar-refractivity contribution is 5.76. The molecule has 0 spiro atoms. The average Bonchev–Trinajstić information content (AvgIpc) is 2.88. The van der Waals surface area contributed by atoms with Crippen LogP contribution in [0.25, 0.3) is 0 Å². The van der Waals surface area contributed by atoms with Gasteiger partial charge in [-0.1, -0.05) is 96.8 Å². The molecule has 1 aliphatic rings. The number of hydrogen-bond donors (Lipinski definition) is 0. The molecular formula is C23H42O4. The van der Waals surface area contributed by atoms with Crippen molar-refractivity contribution in [3.63, 3.8) is 0 Å². The van der Waals surface area contributed by atoms with Crippen LogP contribution in [0.2, 0.25) is 0 Å². The first kappa shape index (κ1) is 24.0. The number of carbonyl (C=O) groups excluding carboxylic acids is 2. The Morgan fingerprint density at radius 1 is 0.852 bits per heavy atom. The second kappa shape index (κ2) is 14.9. The van der Waals surface area contributed by atoms with E-state index in [1.165, 1.54) is 84.0 Å². The van der Waals surface area contributed by atoms with E-state index in [0.717, 1.165) is 19.3 Å². The maximum Gasteiger partial charge on any atom is 0.313 e. The lowest BCUT2D eigenvalue weighted by atomic mass is 9.94. The number of cyclic esters (lactones) is 1. The summed E-state index contributed by atoms with van der Waals surface area (Å²) >= 11 is 0. The molecule has 1 saturated heterocycles. The SMILES string of the molecule is CCCCCCCCCCCCCCCC[C@H]1C(=O)O[C@H](C)[C@@H]1OC(C)=O. The Labute approximate surface area is 166 Å². The molecule has 0 bridgehead atoms. The lowest BCUT2D eigenvalue weighted by Crippen LogP contribution is -2.30. The minimum Gasteiger partial charge on any atom is -0.458 e. The highest BCUT2D eigenvalue weighted by Crippen LogP contribution is 2.29. The molecule has 4 heteroatoms. The molecule has 0 aliphatic carbocycles. The van der Waals surface area contributed by atoms with Crippen LogP contribution in [0.3, 0.4) is 0 Å². The Balaban J connectivity index is 1.95. The topological polar surface area (TPSA) is 52.6 Å². The van der Waals surface area contributed by atoms with Gasteiger partial charge in [0, 0.05) is 6.92 Å². The Hall–Kier alpha value is -1.06. The number of ether oxygens (including phenoxy) is 2. The molecule has 1 aliphatic heterocycles. The third kappa shape index (κ3) is 10.8. The summed E-state index contributed by atoms with van der Waals surface area (Å²) < 4.78 is 10.5. The lowest BCUT2D eigenvalue weighted by molar-refractivity contribution is -0.150. The largest absolute Gasteiger partial charge is 0.458 e. The first-order chi connectivity index (χ1) is 13.1. The van der Waals surface area contributed by atoms with Crippen LogP contribution in [-0.4, -0.2) is 24.1 Å². The van der Waals surface area contributed by atoms with Crippen LogP contribution in [0.5, 0.6) is 0 Å². The van der Waals surface area contributed by atoms with Gasteiger partial charge in [-0.15, -0.1) is 0 Å². The van der Waals surface area contributed by atoms with Crippen molar-refractivity contribution in [3.8, 4) is 0 Å². The van der Waals surface area contributed by atoms with Gasteiger partial charge in [-0.3, -0.25) is 9.59 Å². The summed E-state index contributed by atoms with van der Waals surface area (Å²) in [5, 5.41) is 0. The van der Waals surface area contributed by atoms with Crippen LogP contribution >= 0.6 is 0 Å². The maximum atomic E-state index is 11.9. The van der Waals surface area contributed by atoms with E-state index in [4.69, 9.17) is 9.47 Å². The van der Waals surface area contributed by atoms with Crippen LogP contribution < -0.4 is 0 Å². The van der Waals surface area contributed by atoms with E-state index >= 15 is 0 Å². The molecule has 4 nitrogen and oxygen atoms in total. The summed E-state index contributed by atoms with van der Waals surface area (Å²) in [5.74, 6) is -0.819. The minimum absolute atomic E-state index is 0.205. The Kier molecular flexibility index (Phi) is 13.3. The Morgan fingerprint density at radius 3 is 1.74 bits per heavy atom. The van der Waals surface area contributed by atoms with Crippen LogP contribution in [0.4, 0.5) is 0 Å². The fourth-order valence-electron chi connectivity index (χ4n) is 4.01. The number of rotatable bonds is 16. The zero-order valence-electron chi connectivity index (χ0n) is 18.0. The molecule has 0 aromatic heterocycles. The van der Waals surface area contributed by atoms with E-state index in [1.54, 1.807) is 6.92 Å². The highest BCUT2D eigenvalue weighted by atomic mass is 16.6. The fourth-order valence-corrected chi connectivity index (χ4v) is 4.01. The van der Waals surface area contributed by atoms with E-state index in [-0.39, 0.29) is 24.0 Å². The van der Waals surface area contributed by atoms with Gasteiger partial charge in [-0.2, -0.15) is 0 Å². The van der Waals surface area contributed by atoms with Crippen LogP contribution in [-0.2, 0) is 19.1 Å².